The minimum Gasteiger partial charge on any atom is -0.507 e. The molecule has 2 aromatic carbocycles. The molecular weight excluding hydrogens is 444 g/mol. The van der Waals surface area contributed by atoms with Crippen molar-refractivity contribution in [3.8, 4) is 0 Å². The molecule has 170 valence electrons. The van der Waals surface area contributed by atoms with Crippen LogP contribution in [0, 0.1) is 0 Å². The van der Waals surface area contributed by atoms with Gasteiger partial charge in [-0.2, -0.15) is 0 Å². The number of amides is 2. The van der Waals surface area contributed by atoms with E-state index in [1.807, 2.05) is 0 Å². The van der Waals surface area contributed by atoms with Crippen LogP contribution in [0.15, 0.2) is 66.8 Å². The minimum absolute atomic E-state index is 0.0951. The molecule has 0 unspecified atom stereocenters. The number of Topliss-reactive ketones (excluding diaryl/α,β-unsaturated/α-hetero) is 1. The highest BCUT2D eigenvalue weighted by molar-refractivity contribution is 6.50. The molecule has 2 amide bonds. The van der Waals surface area contributed by atoms with Crippen molar-refractivity contribution in [1.82, 2.24) is 4.90 Å². The summed E-state index contributed by atoms with van der Waals surface area (Å²) in [5.41, 5.74) is -0.741. The normalized spacial score (nSPS) is 21.2. The Hall–Kier alpha value is -3.42. The van der Waals surface area contributed by atoms with Gasteiger partial charge in [0.2, 0.25) is 0 Å². The average molecular weight is 467 g/mol. The first-order chi connectivity index (χ1) is 15.9. The lowest BCUT2D eigenvalue weighted by Crippen LogP contribution is -2.52. The number of halogens is 1. The summed E-state index contributed by atoms with van der Waals surface area (Å²) in [6.07, 6.45) is 1.98. The summed E-state index contributed by atoms with van der Waals surface area (Å²) in [5, 5.41) is 11.7. The lowest BCUT2D eigenvalue weighted by molar-refractivity contribution is -0.143. The van der Waals surface area contributed by atoms with E-state index in [2.05, 4.69) is 6.58 Å². The van der Waals surface area contributed by atoms with Crippen LogP contribution in [0.1, 0.15) is 17.5 Å². The third-order valence-electron chi connectivity index (χ3n) is 5.97. The maximum atomic E-state index is 14.0. The second kappa shape index (κ2) is 8.84. The number of methoxy groups -OCH3 is 1. The van der Waals surface area contributed by atoms with Crippen LogP contribution in [0.4, 0.5) is 5.69 Å². The second-order valence-corrected chi connectivity index (χ2v) is 8.23. The lowest BCUT2D eigenvalue weighted by Gasteiger charge is -2.34. The van der Waals surface area contributed by atoms with Gasteiger partial charge in [-0.15, -0.1) is 6.58 Å². The number of hydrogen-bond donors (Lipinski definition) is 1. The first kappa shape index (κ1) is 22.8. The van der Waals surface area contributed by atoms with Crippen LogP contribution in [0.5, 0.6) is 0 Å². The maximum Gasteiger partial charge on any atom is 0.296 e. The zero-order valence-corrected chi connectivity index (χ0v) is 18.8. The van der Waals surface area contributed by atoms with Crippen molar-refractivity contribution in [1.29, 1.82) is 0 Å². The van der Waals surface area contributed by atoms with E-state index < -0.39 is 28.9 Å². The van der Waals surface area contributed by atoms with Gasteiger partial charge in [-0.05, 0) is 36.8 Å². The van der Waals surface area contributed by atoms with Crippen LogP contribution in [-0.4, -0.2) is 54.4 Å². The second-order valence-electron chi connectivity index (χ2n) is 7.79. The summed E-state index contributed by atoms with van der Waals surface area (Å²) in [6, 6.07) is 13.2. The van der Waals surface area contributed by atoms with Crippen molar-refractivity contribution in [2.45, 2.75) is 12.0 Å². The molecule has 2 aliphatic rings. The molecule has 0 aromatic heterocycles. The fraction of sp³-hybridized carbons (Fsp3) is 0.240. The Morgan fingerprint density at radius 2 is 1.85 bits per heavy atom. The summed E-state index contributed by atoms with van der Waals surface area (Å²) < 4.78 is 5.12. The van der Waals surface area contributed by atoms with Gasteiger partial charge in [-0.25, -0.2) is 0 Å². The van der Waals surface area contributed by atoms with E-state index in [0.29, 0.717) is 29.3 Å². The number of ketones is 1. The first-order valence-corrected chi connectivity index (χ1v) is 10.8. The number of benzene rings is 2. The zero-order valence-electron chi connectivity index (χ0n) is 18.1. The number of aliphatic hydroxyl groups excluding tert-OH is 1. The molecule has 8 heteroatoms. The molecule has 1 N–H and O–H groups in total. The number of rotatable bonds is 7. The van der Waals surface area contributed by atoms with Crippen molar-refractivity contribution in [2.75, 3.05) is 31.7 Å². The van der Waals surface area contributed by atoms with E-state index in [-0.39, 0.29) is 24.2 Å². The number of aliphatic hydroxyl groups is 1. The van der Waals surface area contributed by atoms with Gasteiger partial charge in [0.15, 0.2) is 5.54 Å². The first-order valence-electron chi connectivity index (χ1n) is 10.5. The molecule has 1 spiro atoms. The van der Waals surface area contributed by atoms with E-state index in [1.54, 1.807) is 42.5 Å². The Morgan fingerprint density at radius 3 is 2.52 bits per heavy atom. The Kier molecular flexibility index (Phi) is 6.10. The van der Waals surface area contributed by atoms with Crippen LogP contribution in [0.3, 0.4) is 0 Å². The van der Waals surface area contributed by atoms with Crippen molar-refractivity contribution in [3.63, 3.8) is 0 Å². The molecule has 7 nitrogen and oxygen atoms in total. The molecule has 0 bridgehead atoms. The monoisotopic (exact) mass is 466 g/mol. The van der Waals surface area contributed by atoms with Crippen LogP contribution in [0.25, 0.3) is 5.76 Å². The summed E-state index contributed by atoms with van der Waals surface area (Å²) in [5.74, 6) is -2.67. The van der Waals surface area contributed by atoms with Crippen LogP contribution < -0.4 is 4.90 Å². The van der Waals surface area contributed by atoms with Crippen molar-refractivity contribution in [2.24, 2.45) is 0 Å². The molecule has 1 atom stereocenters. The average Bonchev–Trinajstić information content (AvgIpc) is 3.19. The summed E-state index contributed by atoms with van der Waals surface area (Å²) >= 11 is 5.98. The van der Waals surface area contributed by atoms with Gasteiger partial charge in [-0.1, -0.05) is 35.9 Å². The van der Waals surface area contributed by atoms with E-state index in [1.165, 1.54) is 29.0 Å². The predicted octanol–water partition coefficient (Wildman–Crippen LogP) is 3.49. The highest BCUT2D eigenvalue weighted by Gasteiger charge is 2.66. The van der Waals surface area contributed by atoms with Gasteiger partial charge in [0.1, 0.15) is 5.76 Å². The van der Waals surface area contributed by atoms with Crippen LogP contribution in [0.2, 0.25) is 5.02 Å². The quantitative estimate of drug-likeness (QED) is 0.222. The number of likely N-dealkylation sites (tertiary alicyclic amines) is 1. The Labute approximate surface area is 196 Å². The van der Waals surface area contributed by atoms with Crippen LogP contribution in [-0.2, 0) is 24.7 Å². The molecule has 1 saturated heterocycles. The number of hydrogen-bond acceptors (Lipinski definition) is 5. The predicted molar refractivity (Wildman–Crippen MR) is 125 cm³/mol. The van der Waals surface area contributed by atoms with Gasteiger partial charge in [0.05, 0.1) is 11.3 Å². The number of para-hydroxylation sites is 1. The number of ether oxygens (including phenoxy) is 1. The summed E-state index contributed by atoms with van der Waals surface area (Å²) in [7, 11) is 1.53. The molecule has 0 radical (unpaired) electrons. The Bertz CT molecular complexity index is 1170. The molecular formula is C25H23ClN2O5. The van der Waals surface area contributed by atoms with E-state index in [9.17, 15) is 19.5 Å². The maximum absolute atomic E-state index is 14.0. The molecule has 0 aliphatic carbocycles. The van der Waals surface area contributed by atoms with Crippen molar-refractivity contribution >= 4 is 40.6 Å². The highest BCUT2D eigenvalue weighted by atomic mass is 35.5. The molecule has 4 rings (SSSR count). The largest absolute Gasteiger partial charge is 0.507 e. The standard InChI is InChI=1S/C25H23ClN2O5/c1-3-13-27-19-8-5-4-7-18(19)25(24(27)32)20(21(29)16-9-11-17(26)12-10-16)22(30)23(31)28(25)14-6-15-33-2/h3-5,7-12,29H,1,6,13-15H2,2H3/t25-/m0/s1. The highest BCUT2D eigenvalue weighted by Crippen LogP contribution is 2.53. The molecule has 2 heterocycles. The van der Waals surface area contributed by atoms with E-state index in [0.717, 1.165) is 0 Å². The van der Waals surface area contributed by atoms with Gasteiger partial charge in [0.25, 0.3) is 17.6 Å². The third-order valence-corrected chi connectivity index (χ3v) is 6.22. The van der Waals surface area contributed by atoms with Gasteiger partial charge in [0, 0.05) is 43.0 Å². The molecule has 1 fully saturated rings. The van der Waals surface area contributed by atoms with Crippen LogP contribution >= 0.6 is 11.6 Å². The molecule has 2 aromatic rings. The fourth-order valence-electron chi connectivity index (χ4n) is 4.60. The molecule has 0 saturated carbocycles. The van der Waals surface area contributed by atoms with Gasteiger partial charge < -0.3 is 19.6 Å². The SMILES string of the molecule is C=CCN1C(=O)[C@@]2(C(=C(O)c3ccc(Cl)cc3)C(=O)C(=O)N2CCCOC)c2ccccc21. The van der Waals surface area contributed by atoms with Gasteiger partial charge >= 0.3 is 0 Å². The number of carbonyl (C=O) groups excluding carboxylic acids is 3. The summed E-state index contributed by atoms with van der Waals surface area (Å²) in [6.45, 7) is 4.35. The fourth-order valence-corrected chi connectivity index (χ4v) is 4.72. The topological polar surface area (TPSA) is 87.2 Å². The van der Waals surface area contributed by atoms with E-state index in [4.69, 9.17) is 16.3 Å². The number of nitrogens with zero attached hydrogens (tertiary/aromatic N) is 2. The Morgan fingerprint density at radius 1 is 1.15 bits per heavy atom. The number of fused-ring (bicyclic) bond motifs is 2. The molecule has 2 aliphatic heterocycles. The molecule has 33 heavy (non-hydrogen) atoms. The smallest absolute Gasteiger partial charge is 0.296 e. The van der Waals surface area contributed by atoms with Crippen molar-refractivity contribution < 1.29 is 24.2 Å². The van der Waals surface area contributed by atoms with Gasteiger partial charge in [-0.3, -0.25) is 14.4 Å². The van der Waals surface area contributed by atoms with Crippen molar-refractivity contribution in [3.05, 3.63) is 82.9 Å². The number of anilines is 1. The lowest BCUT2D eigenvalue weighted by atomic mass is 9.82. The number of carbonyl (C=O) groups is 3. The minimum atomic E-state index is -1.79. The zero-order chi connectivity index (χ0) is 23.8. The van der Waals surface area contributed by atoms with E-state index >= 15 is 0 Å². The summed E-state index contributed by atoms with van der Waals surface area (Å²) in [4.78, 5) is 43.4. The third kappa shape index (κ3) is 3.35. The Balaban J connectivity index is 2.02.